The summed E-state index contributed by atoms with van der Waals surface area (Å²) in [5.74, 6) is 6.82. The monoisotopic (exact) mass is 258 g/mol. The number of aromatic nitrogens is 1. The number of nitrogen functional groups attached to an aromatic ring is 1. The number of nitrogens with zero attached hydrogens (tertiary/aromatic N) is 1. The Bertz CT molecular complexity index is 530. The predicted molar refractivity (Wildman–Crippen MR) is 77.2 cm³/mol. The first-order valence-electron chi connectivity index (χ1n) is 6.14. The van der Waals surface area contributed by atoms with Crippen molar-refractivity contribution in [3.05, 3.63) is 48.2 Å². The standard InChI is InChI=1S/C14H18N4O/c1-11-3-2-4-13(9-11)19-8-7-16-12-5-6-17-14(10-12)18-15/h2-6,9-10H,7-8,15H2,1H3,(H2,16,17,18). The number of pyridine rings is 1. The molecule has 0 fully saturated rings. The summed E-state index contributed by atoms with van der Waals surface area (Å²) in [4.78, 5) is 4.04. The number of nitrogens with one attached hydrogen (secondary N) is 2. The third-order valence-electron chi connectivity index (χ3n) is 2.60. The zero-order valence-electron chi connectivity index (χ0n) is 10.9. The maximum atomic E-state index is 5.65. The molecule has 4 N–H and O–H groups in total. The Morgan fingerprint density at radius 1 is 1.26 bits per heavy atom. The van der Waals surface area contributed by atoms with Crippen LogP contribution in [0.2, 0.25) is 0 Å². The second-order valence-electron chi connectivity index (χ2n) is 4.17. The summed E-state index contributed by atoms with van der Waals surface area (Å²) in [5, 5.41) is 3.24. The van der Waals surface area contributed by atoms with Crippen LogP contribution in [0, 0.1) is 6.92 Å². The molecular weight excluding hydrogens is 240 g/mol. The number of ether oxygens (including phenoxy) is 1. The molecule has 0 radical (unpaired) electrons. The summed E-state index contributed by atoms with van der Waals surface area (Å²) >= 11 is 0. The molecule has 0 saturated carbocycles. The van der Waals surface area contributed by atoms with Crippen molar-refractivity contribution in [2.45, 2.75) is 6.92 Å². The number of nitrogens with two attached hydrogens (primary N) is 1. The van der Waals surface area contributed by atoms with Gasteiger partial charge in [0.15, 0.2) is 0 Å². The second-order valence-corrected chi connectivity index (χ2v) is 4.17. The molecule has 0 amide bonds. The van der Waals surface area contributed by atoms with E-state index < -0.39 is 0 Å². The summed E-state index contributed by atoms with van der Waals surface area (Å²) in [5.41, 5.74) is 4.65. The normalized spacial score (nSPS) is 10.0. The Morgan fingerprint density at radius 2 is 2.16 bits per heavy atom. The number of aryl methyl sites for hydroxylation is 1. The number of anilines is 2. The van der Waals surface area contributed by atoms with E-state index in [1.165, 1.54) is 5.56 Å². The topological polar surface area (TPSA) is 72.2 Å². The van der Waals surface area contributed by atoms with Crippen molar-refractivity contribution >= 4 is 11.5 Å². The van der Waals surface area contributed by atoms with Crippen molar-refractivity contribution in [1.29, 1.82) is 0 Å². The van der Waals surface area contributed by atoms with E-state index in [4.69, 9.17) is 10.6 Å². The van der Waals surface area contributed by atoms with E-state index in [2.05, 4.69) is 15.7 Å². The summed E-state index contributed by atoms with van der Waals surface area (Å²) in [7, 11) is 0. The molecule has 0 spiro atoms. The Morgan fingerprint density at radius 3 is 2.95 bits per heavy atom. The van der Waals surface area contributed by atoms with E-state index in [9.17, 15) is 0 Å². The van der Waals surface area contributed by atoms with Gasteiger partial charge in [0.2, 0.25) is 0 Å². The first-order valence-corrected chi connectivity index (χ1v) is 6.14. The third-order valence-corrected chi connectivity index (χ3v) is 2.60. The molecule has 0 unspecified atom stereocenters. The molecule has 0 aliphatic carbocycles. The van der Waals surface area contributed by atoms with Crippen LogP contribution in [0.5, 0.6) is 5.75 Å². The molecular formula is C14H18N4O. The van der Waals surface area contributed by atoms with Gasteiger partial charge in [-0.25, -0.2) is 10.8 Å². The molecule has 0 saturated heterocycles. The lowest BCUT2D eigenvalue weighted by molar-refractivity contribution is 0.332. The molecule has 0 aliphatic rings. The van der Waals surface area contributed by atoms with E-state index in [1.54, 1.807) is 6.20 Å². The zero-order valence-corrected chi connectivity index (χ0v) is 10.9. The smallest absolute Gasteiger partial charge is 0.141 e. The fourth-order valence-corrected chi connectivity index (χ4v) is 1.69. The quantitative estimate of drug-likeness (QED) is 0.421. The number of rotatable bonds is 6. The van der Waals surface area contributed by atoms with Crippen LogP contribution in [0.4, 0.5) is 11.5 Å². The van der Waals surface area contributed by atoms with E-state index in [0.717, 1.165) is 11.4 Å². The van der Waals surface area contributed by atoms with E-state index in [1.807, 2.05) is 43.3 Å². The molecule has 2 aromatic rings. The molecule has 0 atom stereocenters. The van der Waals surface area contributed by atoms with Gasteiger partial charge in [-0.3, -0.25) is 0 Å². The van der Waals surface area contributed by atoms with Crippen molar-refractivity contribution in [3.8, 4) is 5.75 Å². The number of hydrogen-bond donors (Lipinski definition) is 3. The van der Waals surface area contributed by atoms with Crippen LogP contribution in [0.25, 0.3) is 0 Å². The molecule has 100 valence electrons. The fourth-order valence-electron chi connectivity index (χ4n) is 1.69. The highest BCUT2D eigenvalue weighted by Crippen LogP contribution is 2.13. The number of hydrogen-bond acceptors (Lipinski definition) is 5. The van der Waals surface area contributed by atoms with Gasteiger partial charge in [0.25, 0.3) is 0 Å². The maximum Gasteiger partial charge on any atom is 0.141 e. The average Bonchev–Trinajstić information content (AvgIpc) is 2.44. The molecule has 1 heterocycles. The van der Waals surface area contributed by atoms with E-state index in [-0.39, 0.29) is 0 Å². The van der Waals surface area contributed by atoms with Gasteiger partial charge in [-0.2, -0.15) is 0 Å². The van der Waals surface area contributed by atoms with Gasteiger partial charge < -0.3 is 15.5 Å². The molecule has 19 heavy (non-hydrogen) atoms. The molecule has 0 aliphatic heterocycles. The molecule has 0 bridgehead atoms. The molecule has 2 rings (SSSR count). The van der Waals surface area contributed by atoms with Crippen LogP contribution in [-0.2, 0) is 0 Å². The summed E-state index contributed by atoms with van der Waals surface area (Å²) in [6.07, 6.45) is 1.69. The summed E-state index contributed by atoms with van der Waals surface area (Å²) in [6.45, 7) is 3.35. The molecule has 5 nitrogen and oxygen atoms in total. The van der Waals surface area contributed by atoms with Crippen LogP contribution in [0.15, 0.2) is 42.6 Å². The minimum Gasteiger partial charge on any atom is -0.492 e. The maximum absolute atomic E-state index is 5.65. The zero-order chi connectivity index (χ0) is 13.5. The summed E-state index contributed by atoms with van der Waals surface area (Å²) in [6, 6.07) is 11.7. The average molecular weight is 258 g/mol. The van der Waals surface area contributed by atoms with Crippen LogP contribution >= 0.6 is 0 Å². The Balaban J connectivity index is 1.77. The van der Waals surface area contributed by atoms with Crippen LogP contribution in [0.1, 0.15) is 5.56 Å². The lowest BCUT2D eigenvalue weighted by Crippen LogP contribution is -2.13. The second kappa shape index (κ2) is 6.61. The van der Waals surface area contributed by atoms with Crippen molar-refractivity contribution in [2.75, 3.05) is 23.9 Å². The van der Waals surface area contributed by atoms with Gasteiger partial charge in [0.05, 0.1) is 0 Å². The number of benzene rings is 1. The van der Waals surface area contributed by atoms with Gasteiger partial charge in [0.1, 0.15) is 18.2 Å². The lowest BCUT2D eigenvalue weighted by atomic mass is 10.2. The highest BCUT2D eigenvalue weighted by atomic mass is 16.5. The van der Waals surface area contributed by atoms with Crippen molar-refractivity contribution in [3.63, 3.8) is 0 Å². The van der Waals surface area contributed by atoms with Gasteiger partial charge in [-0.1, -0.05) is 12.1 Å². The predicted octanol–water partition coefficient (Wildman–Crippen LogP) is 2.17. The Kier molecular flexibility index (Phi) is 4.58. The van der Waals surface area contributed by atoms with E-state index >= 15 is 0 Å². The first-order chi connectivity index (χ1) is 9.28. The lowest BCUT2D eigenvalue weighted by Gasteiger charge is -2.09. The molecule has 1 aromatic heterocycles. The Labute approximate surface area is 112 Å². The number of hydrazine groups is 1. The van der Waals surface area contributed by atoms with E-state index in [0.29, 0.717) is 19.0 Å². The molecule has 1 aromatic carbocycles. The highest BCUT2D eigenvalue weighted by Gasteiger charge is 1.96. The SMILES string of the molecule is Cc1cccc(OCCNc2ccnc(NN)c2)c1. The largest absolute Gasteiger partial charge is 0.492 e. The fraction of sp³-hybridized carbons (Fsp3) is 0.214. The minimum absolute atomic E-state index is 0.594. The van der Waals surface area contributed by atoms with Gasteiger partial charge in [0, 0.05) is 24.5 Å². The Hall–Kier alpha value is -2.27. The van der Waals surface area contributed by atoms with Gasteiger partial charge >= 0.3 is 0 Å². The highest BCUT2D eigenvalue weighted by molar-refractivity contribution is 5.51. The third kappa shape index (κ3) is 4.15. The summed E-state index contributed by atoms with van der Waals surface area (Å²) < 4.78 is 5.65. The van der Waals surface area contributed by atoms with Crippen LogP contribution in [0.3, 0.4) is 0 Å². The van der Waals surface area contributed by atoms with Crippen molar-refractivity contribution in [2.24, 2.45) is 5.84 Å². The van der Waals surface area contributed by atoms with Gasteiger partial charge in [-0.05, 0) is 30.7 Å². The molecule has 5 heteroatoms. The van der Waals surface area contributed by atoms with Crippen LogP contribution < -0.4 is 21.3 Å². The van der Waals surface area contributed by atoms with Crippen LogP contribution in [-0.4, -0.2) is 18.1 Å². The van der Waals surface area contributed by atoms with Crippen molar-refractivity contribution in [1.82, 2.24) is 4.98 Å². The minimum atomic E-state index is 0.594. The first kappa shape index (κ1) is 13.2. The van der Waals surface area contributed by atoms with Crippen molar-refractivity contribution < 1.29 is 4.74 Å². The van der Waals surface area contributed by atoms with Gasteiger partial charge in [-0.15, -0.1) is 0 Å².